The van der Waals surface area contributed by atoms with Crippen molar-refractivity contribution in [3.63, 3.8) is 0 Å². The first-order chi connectivity index (χ1) is 11.8. The molecular formula is C18H26N4O2. The Labute approximate surface area is 143 Å². The number of hydrogen-bond donors (Lipinski definition) is 0. The van der Waals surface area contributed by atoms with Crippen molar-refractivity contribution in [2.75, 3.05) is 57.4 Å². The lowest BCUT2D eigenvalue weighted by Gasteiger charge is -2.35. The summed E-state index contributed by atoms with van der Waals surface area (Å²) in [5, 5.41) is 0. The van der Waals surface area contributed by atoms with Gasteiger partial charge in [-0.25, -0.2) is 9.97 Å². The minimum atomic E-state index is 0.0758. The standard InChI is InChI=1S/C18H26N4O2/c1-2-14(1)10-21-4-3-18(12-21)13-24-11-15-9-19-17(20-16(15)18)22-5-7-23-8-6-22/h9,14H,1-8,10-13H2/t18-/m1/s1. The van der Waals surface area contributed by atoms with E-state index in [1.54, 1.807) is 0 Å². The van der Waals surface area contributed by atoms with Crippen molar-refractivity contribution < 1.29 is 9.47 Å². The third-order valence-electron chi connectivity index (χ3n) is 5.93. The molecule has 4 heterocycles. The average Bonchev–Trinajstić information content (AvgIpc) is 3.36. The maximum Gasteiger partial charge on any atom is 0.225 e. The minimum absolute atomic E-state index is 0.0758. The Bertz CT molecular complexity index is 615. The third kappa shape index (κ3) is 2.70. The highest BCUT2D eigenvalue weighted by Gasteiger charge is 2.45. The highest BCUT2D eigenvalue weighted by Crippen LogP contribution is 2.41. The number of nitrogens with zero attached hydrogens (tertiary/aromatic N) is 4. The lowest BCUT2D eigenvalue weighted by molar-refractivity contribution is 0.0503. The molecule has 1 aliphatic carbocycles. The van der Waals surface area contributed by atoms with Gasteiger partial charge in [-0.05, 0) is 31.7 Å². The van der Waals surface area contributed by atoms with Crippen LogP contribution in [0.5, 0.6) is 0 Å². The molecule has 1 spiro atoms. The smallest absolute Gasteiger partial charge is 0.225 e. The molecule has 1 aromatic heterocycles. The fourth-order valence-corrected chi connectivity index (χ4v) is 4.39. The Morgan fingerprint density at radius 2 is 2.04 bits per heavy atom. The summed E-state index contributed by atoms with van der Waals surface area (Å²) in [4.78, 5) is 14.6. The maximum absolute atomic E-state index is 5.95. The van der Waals surface area contributed by atoms with Gasteiger partial charge in [0, 0.05) is 37.9 Å². The molecule has 0 unspecified atom stereocenters. The second-order valence-electron chi connectivity index (χ2n) is 7.84. The Hall–Kier alpha value is -1.24. The molecule has 0 radical (unpaired) electrons. The molecule has 6 heteroatoms. The van der Waals surface area contributed by atoms with Crippen molar-refractivity contribution in [3.8, 4) is 0 Å². The van der Waals surface area contributed by atoms with E-state index in [2.05, 4.69) is 14.8 Å². The molecule has 1 aromatic rings. The fraction of sp³-hybridized carbons (Fsp3) is 0.778. The fourth-order valence-electron chi connectivity index (χ4n) is 4.39. The summed E-state index contributed by atoms with van der Waals surface area (Å²) in [6.45, 7) is 8.30. The van der Waals surface area contributed by atoms with Crippen molar-refractivity contribution in [3.05, 3.63) is 17.5 Å². The molecule has 1 saturated carbocycles. The number of aromatic nitrogens is 2. The second kappa shape index (κ2) is 5.93. The summed E-state index contributed by atoms with van der Waals surface area (Å²) in [5.74, 6) is 1.82. The summed E-state index contributed by atoms with van der Waals surface area (Å²) in [5.41, 5.74) is 2.52. The van der Waals surface area contributed by atoms with Crippen molar-refractivity contribution in [2.45, 2.75) is 31.3 Å². The van der Waals surface area contributed by atoms with E-state index in [1.165, 1.54) is 37.2 Å². The van der Waals surface area contributed by atoms with Crippen LogP contribution in [-0.2, 0) is 21.5 Å². The monoisotopic (exact) mass is 330 g/mol. The Kier molecular flexibility index (Phi) is 3.72. The number of fused-ring (bicyclic) bond motifs is 2. The maximum atomic E-state index is 5.95. The summed E-state index contributed by atoms with van der Waals surface area (Å²) in [7, 11) is 0. The number of rotatable bonds is 3. The first kappa shape index (κ1) is 15.0. The van der Waals surface area contributed by atoms with Crippen LogP contribution in [0.15, 0.2) is 6.20 Å². The van der Waals surface area contributed by atoms with E-state index >= 15 is 0 Å². The molecule has 2 saturated heterocycles. The van der Waals surface area contributed by atoms with Gasteiger partial charge in [0.25, 0.3) is 0 Å². The van der Waals surface area contributed by atoms with Crippen LogP contribution in [0, 0.1) is 5.92 Å². The van der Waals surface area contributed by atoms with Gasteiger partial charge in [0.1, 0.15) is 0 Å². The highest BCUT2D eigenvalue weighted by atomic mass is 16.5. The number of anilines is 1. The van der Waals surface area contributed by atoms with Gasteiger partial charge in [-0.1, -0.05) is 0 Å². The largest absolute Gasteiger partial charge is 0.378 e. The highest BCUT2D eigenvalue weighted by molar-refractivity contribution is 5.38. The zero-order valence-corrected chi connectivity index (χ0v) is 14.2. The Morgan fingerprint density at radius 3 is 2.88 bits per heavy atom. The summed E-state index contributed by atoms with van der Waals surface area (Å²) in [6, 6.07) is 0. The lowest BCUT2D eigenvalue weighted by atomic mass is 9.80. The van der Waals surface area contributed by atoms with Crippen molar-refractivity contribution in [1.82, 2.24) is 14.9 Å². The first-order valence-corrected chi connectivity index (χ1v) is 9.32. The van der Waals surface area contributed by atoms with Gasteiger partial charge in [-0.3, -0.25) is 0 Å². The molecule has 130 valence electrons. The van der Waals surface area contributed by atoms with Crippen LogP contribution >= 0.6 is 0 Å². The molecule has 3 aliphatic heterocycles. The van der Waals surface area contributed by atoms with E-state index < -0.39 is 0 Å². The number of ether oxygens (including phenoxy) is 2. The molecule has 24 heavy (non-hydrogen) atoms. The minimum Gasteiger partial charge on any atom is -0.378 e. The molecule has 0 aromatic carbocycles. The summed E-state index contributed by atoms with van der Waals surface area (Å²) in [6.07, 6.45) is 5.99. The molecule has 3 fully saturated rings. The van der Waals surface area contributed by atoms with E-state index in [-0.39, 0.29) is 5.41 Å². The van der Waals surface area contributed by atoms with Gasteiger partial charge >= 0.3 is 0 Å². The van der Waals surface area contributed by atoms with Gasteiger partial charge < -0.3 is 19.3 Å². The zero-order chi connectivity index (χ0) is 16.0. The Balaban J connectivity index is 1.42. The van der Waals surface area contributed by atoms with Crippen LogP contribution in [0.25, 0.3) is 0 Å². The quantitative estimate of drug-likeness (QED) is 0.830. The SMILES string of the molecule is c1nc(N2CCOCC2)nc2c1COC[C@]21CCN(CC2CC2)C1. The van der Waals surface area contributed by atoms with Crippen LogP contribution in [0.3, 0.4) is 0 Å². The predicted octanol–water partition coefficient (Wildman–Crippen LogP) is 1.20. The van der Waals surface area contributed by atoms with Gasteiger partial charge in [0.15, 0.2) is 0 Å². The van der Waals surface area contributed by atoms with Crippen molar-refractivity contribution in [2.24, 2.45) is 5.92 Å². The zero-order valence-electron chi connectivity index (χ0n) is 14.2. The molecule has 6 nitrogen and oxygen atoms in total. The third-order valence-corrected chi connectivity index (χ3v) is 5.93. The van der Waals surface area contributed by atoms with E-state index in [1.807, 2.05) is 6.20 Å². The van der Waals surface area contributed by atoms with Gasteiger partial charge in [-0.2, -0.15) is 0 Å². The van der Waals surface area contributed by atoms with Crippen molar-refractivity contribution >= 4 is 5.95 Å². The topological polar surface area (TPSA) is 50.7 Å². The average molecular weight is 330 g/mol. The molecule has 1 atom stereocenters. The molecule has 0 bridgehead atoms. The summed E-state index contributed by atoms with van der Waals surface area (Å²) >= 11 is 0. The molecule has 0 N–H and O–H groups in total. The van der Waals surface area contributed by atoms with Gasteiger partial charge in [0.05, 0.1) is 37.5 Å². The number of hydrogen-bond acceptors (Lipinski definition) is 6. The van der Waals surface area contributed by atoms with Crippen LogP contribution in [0.1, 0.15) is 30.5 Å². The normalized spacial score (nSPS) is 30.8. The summed E-state index contributed by atoms with van der Waals surface area (Å²) < 4.78 is 11.4. The Morgan fingerprint density at radius 1 is 1.17 bits per heavy atom. The molecule has 4 aliphatic rings. The van der Waals surface area contributed by atoms with E-state index in [0.29, 0.717) is 6.61 Å². The number of morpholine rings is 1. The van der Waals surface area contributed by atoms with Crippen LogP contribution < -0.4 is 4.90 Å². The predicted molar refractivity (Wildman–Crippen MR) is 90.2 cm³/mol. The molecular weight excluding hydrogens is 304 g/mol. The van der Waals surface area contributed by atoms with Gasteiger partial charge in [-0.15, -0.1) is 0 Å². The van der Waals surface area contributed by atoms with E-state index in [9.17, 15) is 0 Å². The van der Waals surface area contributed by atoms with Gasteiger partial charge in [0.2, 0.25) is 5.95 Å². The van der Waals surface area contributed by atoms with Crippen LogP contribution in [0.2, 0.25) is 0 Å². The first-order valence-electron chi connectivity index (χ1n) is 9.32. The van der Waals surface area contributed by atoms with Crippen LogP contribution in [0.4, 0.5) is 5.95 Å². The molecule has 5 rings (SSSR count). The number of likely N-dealkylation sites (tertiary alicyclic amines) is 1. The van der Waals surface area contributed by atoms with E-state index in [0.717, 1.165) is 57.7 Å². The van der Waals surface area contributed by atoms with Crippen LogP contribution in [-0.4, -0.2) is 67.4 Å². The second-order valence-corrected chi connectivity index (χ2v) is 7.84. The van der Waals surface area contributed by atoms with E-state index in [4.69, 9.17) is 14.5 Å². The van der Waals surface area contributed by atoms with Crippen molar-refractivity contribution in [1.29, 1.82) is 0 Å². The molecule has 0 amide bonds. The lowest BCUT2D eigenvalue weighted by Crippen LogP contribution is -2.42.